The molecule has 0 radical (unpaired) electrons. The number of imidazole rings is 1. The van der Waals surface area contributed by atoms with E-state index in [2.05, 4.69) is 14.9 Å². The van der Waals surface area contributed by atoms with E-state index >= 15 is 0 Å². The molecule has 0 spiro atoms. The smallest absolute Gasteiger partial charge is 0.336 e. The van der Waals surface area contributed by atoms with Crippen molar-refractivity contribution in [3.63, 3.8) is 0 Å². The van der Waals surface area contributed by atoms with Crippen LogP contribution < -0.4 is 0 Å². The standard InChI is InChI=1S/C16H20N4O2/c1-12-13(16(21)22)4-5-17-15(12)14-10-20(11-18-14)9-8-19-6-2-3-7-19/h4-5,10-11H,2-3,6-9H2,1H3,(H,21,22). The van der Waals surface area contributed by atoms with Crippen LogP contribution in [0.1, 0.15) is 28.8 Å². The summed E-state index contributed by atoms with van der Waals surface area (Å²) in [6.45, 7) is 6.06. The molecule has 0 aliphatic carbocycles. The molecule has 0 aromatic carbocycles. The molecule has 1 N–H and O–H groups in total. The zero-order chi connectivity index (χ0) is 15.5. The normalized spacial score (nSPS) is 15.3. The minimum atomic E-state index is -0.936. The minimum absolute atomic E-state index is 0.275. The zero-order valence-electron chi connectivity index (χ0n) is 12.7. The molecule has 1 fully saturated rings. The first-order valence-corrected chi connectivity index (χ1v) is 7.58. The second-order valence-electron chi connectivity index (χ2n) is 5.68. The molecule has 6 heteroatoms. The number of nitrogens with zero attached hydrogens (tertiary/aromatic N) is 4. The Morgan fingerprint density at radius 1 is 1.27 bits per heavy atom. The molecular formula is C16H20N4O2. The molecular weight excluding hydrogens is 280 g/mol. The predicted octanol–water partition coefficient (Wildman–Crippen LogP) is 2.05. The molecule has 0 saturated carbocycles. The second kappa shape index (κ2) is 6.27. The number of pyridine rings is 1. The van der Waals surface area contributed by atoms with Crippen molar-refractivity contribution in [1.82, 2.24) is 19.4 Å². The van der Waals surface area contributed by atoms with Crippen molar-refractivity contribution >= 4 is 5.97 Å². The topological polar surface area (TPSA) is 71.2 Å². The predicted molar refractivity (Wildman–Crippen MR) is 82.8 cm³/mol. The number of carbonyl (C=O) groups is 1. The van der Waals surface area contributed by atoms with Crippen LogP contribution in [0.25, 0.3) is 11.4 Å². The lowest BCUT2D eigenvalue weighted by Crippen LogP contribution is -2.23. The van der Waals surface area contributed by atoms with Crippen LogP contribution in [0.15, 0.2) is 24.8 Å². The third-order valence-electron chi connectivity index (χ3n) is 4.18. The first kappa shape index (κ1) is 14.7. The highest BCUT2D eigenvalue weighted by atomic mass is 16.4. The van der Waals surface area contributed by atoms with Gasteiger partial charge in [-0.2, -0.15) is 0 Å². The Morgan fingerprint density at radius 2 is 2.05 bits per heavy atom. The minimum Gasteiger partial charge on any atom is -0.478 e. The molecule has 1 aliphatic heterocycles. The molecule has 0 unspecified atom stereocenters. The number of carboxylic acid groups (broad SMARTS) is 1. The Labute approximate surface area is 129 Å². The Bertz CT molecular complexity index is 675. The lowest BCUT2D eigenvalue weighted by molar-refractivity contribution is 0.0696. The third kappa shape index (κ3) is 3.01. The number of aromatic carboxylic acids is 1. The van der Waals surface area contributed by atoms with Gasteiger partial charge in [0.05, 0.1) is 17.6 Å². The number of rotatable bonds is 5. The lowest BCUT2D eigenvalue weighted by Gasteiger charge is -2.14. The molecule has 6 nitrogen and oxygen atoms in total. The van der Waals surface area contributed by atoms with Crippen LogP contribution in [0.2, 0.25) is 0 Å². The number of aromatic nitrogens is 3. The molecule has 3 heterocycles. The van der Waals surface area contributed by atoms with Gasteiger partial charge < -0.3 is 14.6 Å². The van der Waals surface area contributed by atoms with Crippen LogP contribution in [0.4, 0.5) is 0 Å². The van der Waals surface area contributed by atoms with Gasteiger partial charge in [0.2, 0.25) is 0 Å². The van der Waals surface area contributed by atoms with Crippen LogP contribution in [-0.4, -0.2) is 50.1 Å². The maximum absolute atomic E-state index is 11.2. The van der Waals surface area contributed by atoms with Gasteiger partial charge in [-0.1, -0.05) is 0 Å². The maximum atomic E-state index is 11.2. The van der Waals surface area contributed by atoms with Crippen molar-refractivity contribution in [2.75, 3.05) is 19.6 Å². The SMILES string of the molecule is Cc1c(C(=O)O)ccnc1-c1cn(CCN2CCCC2)cn1. The van der Waals surface area contributed by atoms with Crippen molar-refractivity contribution in [1.29, 1.82) is 0 Å². The van der Waals surface area contributed by atoms with Crippen LogP contribution in [0, 0.1) is 6.92 Å². The summed E-state index contributed by atoms with van der Waals surface area (Å²) in [6.07, 6.45) is 7.84. The van der Waals surface area contributed by atoms with E-state index in [0.717, 1.165) is 18.8 Å². The molecule has 1 aliphatic rings. The first-order chi connectivity index (χ1) is 10.6. The molecule has 0 bridgehead atoms. The van der Waals surface area contributed by atoms with Gasteiger partial charge in [0.25, 0.3) is 0 Å². The maximum Gasteiger partial charge on any atom is 0.336 e. The molecule has 2 aromatic rings. The van der Waals surface area contributed by atoms with Gasteiger partial charge in [-0.25, -0.2) is 9.78 Å². The Hall–Kier alpha value is -2.21. The summed E-state index contributed by atoms with van der Waals surface area (Å²) in [6, 6.07) is 1.52. The zero-order valence-corrected chi connectivity index (χ0v) is 12.7. The molecule has 2 aromatic heterocycles. The summed E-state index contributed by atoms with van der Waals surface area (Å²) in [4.78, 5) is 22.3. The van der Waals surface area contributed by atoms with E-state index in [1.54, 1.807) is 13.3 Å². The van der Waals surface area contributed by atoms with Crippen LogP contribution in [0.5, 0.6) is 0 Å². The van der Waals surface area contributed by atoms with E-state index in [1.165, 1.54) is 38.2 Å². The van der Waals surface area contributed by atoms with Gasteiger partial charge in [-0.3, -0.25) is 4.98 Å². The Balaban J connectivity index is 1.75. The van der Waals surface area contributed by atoms with Gasteiger partial charge in [0.15, 0.2) is 0 Å². The molecule has 0 atom stereocenters. The number of hydrogen-bond acceptors (Lipinski definition) is 4. The summed E-state index contributed by atoms with van der Waals surface area (Å²) in [5, 5.41) is 9.19. The highest BCUT2D eigenvalue weighted by molar-refractivity contribution is 5.91. The molecule has 0 amide bonds. The average molecular weight is 300 g/mol. The molecule has 3 rings (SSSR count). The van der Waals surface area contributed by atoms with Gasteiger partial charge in [0, 0.05) is 25.5 Å². The third-order valence-corrected chi connectivity index (χ3v) is 4.18. The van der Waals surface area contributed by atoms with Crippen molar-refractivity contribution in [3.05, 3.63) is 35.9 Å². The monoisotopic (exact) mass is 300 g/mol. The first-order valence-electron chi connectivity index (χ1n) is 7.58. The van der Waals surface area contributed by atoms with E-state index in [1.807, 2.05) is 10.8 Å². The van der Waals surface area contributed by atoms with Gasteiger partial charge in [0.1, 0.15) is 5.69 Å². The fourth-order valence-electron chi connectivity index (χ4n) is 2.89. The van der Waals surface area contributed by atoms with Crippen LogP contribution in [0.3, 0.4) is 0 Å². The van der Waals surface area contributed by atoms with E-state index in [4.69, 9.17) is 0 Å². The molecule has 116 valence electrons. The number of likely N-dealkylation sites (tertiary alicyclic amines) is 1. The molecule has 1 saturated heterocycles. The van der Waals surface area contributed by atoms with Crippen molar-refractivity contribution in [2.45, 2.75) is 26.3 Å². The van der Waals surface area contributed by atoms with E-state index in [9.17, 15) is 9.90 Å². The van der Waals surface area contributed by atoms with Gasteiger partial charge in [-0.15, -0.1) is 0 Å². The lowest BCUT2D eigenvalue weighted by atomic mass is 10.1. The highest BCUT2D eigenvalue weighted by Crippen LogP contribution is 2.21. The van der Waals surface area contributed by atoms with E-state index in [-0.39, 0.29) is 5.56 Å². The molecule has 22 heavy (non-hydrogen) atoms. The van der Waals surface area contributed by atoms with E-state index < -0.39 is 5.97 Å². The quantitative estimate of drug-likeness (QED) is 0.915. The van der Waals surface area contributed by atoms with Crippen molar-refractivity contribution in [2.24, 2.45) is 0 Å². The van der Waals surface area contributed by atoms with Crippen LogP contribution >= 0.6 is 0 Å². The number of hydrogen-bond donors (Lipinski definition) is 1. The summed E-state index contributed by atoms with van der Waals surface area (Å²) in [5.41, 5.74) is 2.29. The van der Waals surface area contributed by atoms with Gasteiger partial charge >= 0.3 is 5.97 Å². The van der Waals surface area contributed by atoms with Crippen molar-refractivity contribution < 1.29 is 9.90 Å². The van der Waals surface area contributed by atoms with E-state index in [0.29, 0.717) is 11.3 Å². The Kier molecular flexibility index (Phi) is 4.20. The fraction of sp³-hybridized carbons (Fsp3) is 0.438. The second-order valence-corrected chi connectivity index (χ2v) is 5.68. The largest absolute Gasteiger partial charge is 0.478 e. The highest BCUT2D eigenvalue weighted by Gasteiger charge is 2.15. The Morgan fingerprint density at radius 3 is 2.77 bits per heavy atom. The summed E-state index contributed by atoms with van der Waals surface area (Å²) in [7, 11) is 0. The van der Waals surface area contributed by atoms with Gasteiger partial charge in [-0.05, 0) is 44.5 Å². The summed E-state index contributed by atoms with van der Waals surface area (Å²) in [5.74, 6) is -0.936. The average Bonchev–Trinajstić information content (AvgIpc) is 3.16. The summed E-state index contributed by atoms with van der Waals surface area (Å²) >= 11 is 0. The van der Waals surface area contributed by atoms with Crippen LogP contribution in [-0.2, 0) is 6.54 Å². The fourth-order valence-corrected chi connectivity index (χ4v) is 2.89. The summed E-state index contributed by atoms with van der Waals surface area (Å²) < 4.78 is 2.04. The number of carboxylic acids is 1. The van der Waals surface area contributed by atoms with Crippen molar-refractivity contribution in [3.8, 4) is 11.4 Å².